The van der Waals surface area contributed by atoms with Crippen molar-refractivity contribution in [3.8, 4) is 17.2 Å². The van der Waals surface area contributed by atoms with Crippen molar-refractivity contribution in [2.45, 2.75) is 37.6 Å². The number of halogens is 1. The maximum atomic E-state index is 12.9. The molecule has 43 heavy (non-hydrogen) atoms. The monoisotopic (exact) mass is 601 g/mol. The molecule has 2 atom stereocenters. The Hall–Kier alpha value is -4.62. The number of carbonyl (C=O) groups excluding carboxylic acids is 2. The lowest BCUT2D eigenvalue weighted by molar-refractivity contribution is -0.116. The smallest absolute Gasteiger partial charge is 0.411 e. The molecule has 0 fully saturated rings. The second kappa shape index (κ2) is 15.0. The first kappa shape index (κ1) is 31.3. The van der Waals surface area contributed by atoms with Gasteiger partial charge in [0.1, 0.15) is 6.04 Å². The number of amides is 2. The topological polar surface area (TPSA) is 136 Å². The number of hydroxylamine groups is 1. The van der Waals surface area contributed by atoms with Crippen LogP contribution in [0, 0.1) is 11.3 Å². The minimum Gasteiger partial charge on any atom is -0.479 e. The Morgan fingerprint density at radius 1 is 1.12 bits per heavy atom. The molecular weight excluding hydrogens is 568 g/mol. The van der Waals surface area contributed by atoms with Gasteiger partial charge in [-0.2, -0.15) is 5.26 Å². The average Bonchev–Trinajstić information content (AvgIpc) is 3.28. The lowest BCUT2D eigenvalue weighted by atomic mass is 9.84. The number of hydrogen-bond acceptors (Lipinski definition) is 6. The van der Waals surface area contributed by atoms with Gasteiger partial charge in [-0.05, 0) is 65.9 Å². The van der Waals surface area contributed by atoms with E-state index in [1.54, 1.807) is 36.6 Å². The molecule has 2 aliphatic heterocycles. The highest BCUT2D eigenvalue weighted by Gasteiger charge is 2.26. The van der Waals surface area contributed by atoms with E-state index in [1.165, 1.54) is 7.11 Å². The molecule has 0 saturated heterocycles. The fourth-order valence-electron chi connectivity index (χ4n) is 5.22. The van der Waals surface area contributed by atoms with Crippen molar-refractivity contribution in [2.75, 3.05) is 24.9 Å². The number of hydrogen-bond donors (Lipinski definition) is 4. The predicted molar refractivity (Wildman–Crippen MR) is 168 cm³/mol. The Morgan fingerprint density at radius 2 is 1.95 bits per heavy atom. The molecule has 2 bridgehead atoms. The number of nitrogens with one attached hydrogen (secondary N) is 3. The normalized spacial score (nSPS) is 17.8. The minimum atomic E-state index is -0.583. The van der Waals surface area contributed by atoms with Crippen molar-refractivity contribution in [1.29, 1.82) is 5.26 Å². The van der Waals surface area contributed by atoms with Gasteiger partial charge in [-0.1, -0.05) is 54.4 Å². The number of anilines is 2. The Labute approximate surface area is 255 Å². The lowest BCUT2D eigenvalue weighted by Gasteiger charge is -2.24. The quantitative estimate of drug-likeness (QED) is 0.245. The van der Waals surface area contributed by atoms with E-state index in [1.807, 2.05) is 24.3 Å². The van der Waals surface area contributed by atoms with E-state index >= 15 is 0 Å². The summed E-state index contributed by atoms with van der Waals surface area (Å²) in [5, 5.41) is 22.8. The molecule has 0 radical (unpaired) electrons. The molecule has 0 aliphatic carbocycles. The number of allylic oxidation sites excluding steroid dienone is 2. The van der Waals surface area contributed by atoms with Gasteiger partial charge in [-0.15, -0.1) is 0 Å². The number of carbonyl (C=O) groups is 2. The van der Waals surface area contributed by atoms with Crippen LogP contribution in [0.4, 0.5) is 16.2 Å². The van der Waals surface area contributed by atoms with E-state index in [9.17, 15) is 14.9 Å². The van der Waals surface area contributed by atoms with Gasteiger partial charge in [0.05, 0.1) is 30.0 Å². The van der Waals surface area contributed by atoms with Gasteiger partial charge in [0.2, 0.25) is 5.91 Å². The summed E-state index contributed by atoms with van der Waals surface area (Å²) in [5.74, 6) is -0.00963. The van der Waals surface area contributed by atoms with Gasteiger partial charge >= 0.3 is 6.09 Å². The third kappa shape index (κ3) is 7.81. The highest BCUT2D eigenvalue weighted by Crippen LogP contribution is 2.36. The van der Waals surface area contributed by atoms with Crippen molar-refractivity contribution in [1.82, 2.24) is 5.48 Å². The van der Waals surface area contributed by atoms with E-state index in [-0.39, 0.29) is 17.9 Å². The van der Waals surface area contributed by atoms with Gasteiger partial charge in [0.15, 0.2) is 0 Å². The fourth-order valence-corrected chi connectivity index (χ4v) is 5.39. The maximum Gasteiger partial charge on any atom is 0.411 e. The fraction of sp³-hybridized carbons (Fsp3) is 0.242. The van der Waals surface area contributed by atoms with E-state index in [4.69, 9.17) is 21.4 Å². The molecule has 3 aromatic rings. The summed E-state index contributed by atoms with van der Waals surface area (Å²) in [6.45, 7) is 0. The average molecular weight is 602 g/mol. The Kier molecular flexibility index (Phi) is 10.9. The van der Waals surface area contributed by atoms with Crippen molar-refractivity contribution in [3.05, 3.63) is 101 Å². The standard InChI is InChI=1S/C32H29ClN4O4.CH4O/c1-40-32(39)35-25-12-13-27-21-6-4-5-20(15-21)26(7-2-3-8-31(38)36-30(27)17-25)29-14-10-23(19-41-37-29)28-16-24(33)11-9-22(28)18-34;1-2/h4-6,9-17,19,26,29,37H,2-3,7-8H2,1H3,(H,35,39)(H,36,38);2H,1H3/p+1. The van der Waals surface area contributed by atoms with Gasteiger partial charge in [0, 0.05) is 41.3 Å². The Bertz CT molecular complexity index is 1580. The van der Waals surface area contributed by atoms with Crippen LogP contribution in [0.5, 0.6) is 0 Å². The summed E-state index contributed by atoms with van der Waals surface area (Å²) in [5.41, 5.74) is 9.41. The molecule has 222 valence electrons. The number of aliphatic hydroxyl groups excluding tert-OH is 1. The van der Waals surface area contributed by atoms with Gasteiger partial charge < -0.3 is 20.0 Å². The Morgan fingerprint density at radius 3 is 2.74 bits per heavy atom. The molecule has 10 heteroatoms. The lowest BCUT2D eigenvalue weighted by Crippen LogP contribution is -2.34. The van der Waals surface area contributed by atoms with Gasteiger partial charge in [0.25, 0.3) is 6.26 Å². The summed E-state index contributed by atoms with van der Waals surface area (Å²) >= 11 is 6.23. The van der Waals surface area contributed by atoms with Crippen LogP contribution in [0.3, 0.4) is 0 Å². The summed E-state index contributed by atoms with van der Waals surface area (Å²) in [6.07, 6.45) is 8.00. The molecule has 2 aliphatic rings. The summed E-state index contributed by atoms with van der Waals surface area (Å²) in [4.78, 5) is 29.1. The second-order valence-corrected chi connectivity index (χ2v) is 10.4. The number of fused-ring (bicyclic) bond motifs is 4. The number of benzene rings is 3. The minimum absolute atomic E-state index is 0.0729. The zero-order valence-electron chi connectivity index (χ0n) is 23.9. The molecule has 0 saturated carbocycles. The van der Waals surface area contributed by atoms with Crippen molar-refractivity contribution >= 4 is 40.5 Å². The first-order valence-corrected chi connectivity index (χ1v) is 14.2. The van der Waals surface area contributed by atoms with Crippen LogP contribution in [0.25, 0.3) is 16.7 Å². The third-order valence-corrected chi connectivity index (χ3v) is 7.51. The third-order valence-electron chi connectivity index (χ3n) is 7.28. The molecular formula is C33H34ClN4O5+. The summed E-state index contributed by atoms with van der Waals surface area (Å²) in [6, 6.07) is 21.0. The van der Waals surface area contributed by atoms with Crippen molar-refractivity contribution < 1.29 is 24.3 Å². The molecule has 2 heterocycles. The number of ether oxygens (including phenoxy) is 1. The molecule has 5 rings (SSSR count). The van der Waals surface area contributed by atoms with E-state index in [0.29, 0.717) is 28.4 Å². The first-order chi connectivity index (χ1) is 20.9. The highest BCUT2D eigenvalue weighted by atomic mass is 35.5. The molecule has 9 nitrogen and oxygen atoms in total. The second-order valence-electron chi connectivity index (χ2n) is 9.93. The molecule has 3 aromatic carbocycles. The van der Waals surface area contributed by atoms with Crippen LogP contribution in [0.1, 0.15) is 48.3 Å². The Balaban J connectivity index is 0.00000207. The number of nitriles is 1. The van der Waals surface area contributed by atoms with Gasteiger partial charge in [-0.25, -0.2) is 4.79 Å². The molecule has 5 N–H and O–H groups in total. The highest BCUT2D eigenvalue weighted by molar-refractivity contribution is 6.30. The predicted octanol–water partition coefficient (Wildman–Crippen LogP) is 6.76. The SMILES string of the molecule is CO.COC(=O)Nc1ccc2c(c1)NC(=O)CCCCC(C1C=CC(c3cc(Cl)ccc3C#N)=C[OH+]N1)c1cccc-2c1. The van der Waals surface area contributed by atoms with Crippen LogP contribution in [-0.2, 0) is 9.53 Å². The summed E-state index contributed by atoms with van der Waals surface area (Å²) in [7, 11) is 2.30. The van der Waals surface area contributed by atoms with E-state index in [0.717, 1.165) is 54.2 Å². The molecule has 0 spiro atoms. The van der Waals surface area contributed by atoms with E-state index in [2.05, 4.69) is 45.2 Å². The maximum absolute atomic E-state index is 12.9. The van der Waals surface area contributed by atoms with E-state index < -0.39 is 6.09 Å². The number of methoxy groups -OCH3 is 1. The molecule has 0 aromatic heterocycles. The number of rotatable bonds is 3. The first-order valence-electron chi connectivity index (χ1n) is 13.8. The number of nitrogens with zero attached hydrogens (tertiary/aromatic N) is 1. The zero-order valence-corrected chi connectivity index (χ0v) is 24.7. The van der Waals surface area contributed by atoms with Crippen LogP contribution >= 0.6 is 11.6 Å². The van der Waals surface area contributed by atoms with Crippen LogP contribution in [-0.4, -0.2) is 42.2 Å². The van der Waals surface area contributed by atoms with Crippen molar-refractivity contribution in [2.24, 2.45) is 0 Å². The van der Waals surface area contributed by atoms with Crippen LogP contribution in [0.2, 0.25) is 5.02 Å². The van der Waals surface area contributed by atoms with Crippen LogP contribution < -0.4 is 16.1 Å². The largest absolute Gasteiger partial charge is 0.479 e. The van der Waals surface area contributed by atoms with Crippen molar-refractivity contribution in [3.63, 3.8) is 0 Å². The van der Waals surface area contributed by atoms with Gasteiger partial charge in [-0.3, -0.25) is 10.1 Å². The zero-order chi connectivity index (χ0) is 30.8. The summed E-state index contributed by atoms with van der Waals surface area (Å²) < 4.78 is 4.71. The molecule has 2 amide bonds. The number of aliphatic hydroxyl groups is 2. The van der Waals surface area contributed by atoms with Crippen LogP contribution in [0.15, 0.2) is 79.1 Å². The molecule has 2 unspecified atom stereocenters.